The predicted octanol–water partition coefficient (Wildman–Crippen LogP) is 1.11. The number of rotatable bonds is 11. The molecule has 0 bridgehead atoms. The highest BCUT2D eigenvalue weighted by atomic mass is 32.2. The van der Waals surface area contributed by atoms with Crippen LogP contribution in [0.2, 0.25) is 0 Å². The standard InChI is InChI=1S/C12H28N2O3S/c1-11(2)13-7-5-6-10-18(15,16)14-8-9-17-12(3)4/h11-14H,5-10H2,1-4H3. The maximum absolute atomic E-state index is 11.6. The Balaban J connectivity index is 3.55. The van der Waals surface area contributed by atoms with Gasteiger partial charge in [-0.15, -0.1) is 0 Å². The van der Waals surface area contributed by atoms with Gasteiger partial charge < -0.3 is 10.1 Å². The normalized spacial score (nSPS) is 12.6. The summed E-state index contributed by atoms with van der Waals surface area (Å²) >= 11 is 0. The minimum atomic E-state index is -3.14. The van der Waals surface area contributed by atoms with Gasteiger partial charge in [-0.05, 0) is 33.2 Å². The summed E-state index contributed by atoms with van der Waals surface area (Å²) in [6, 6.07) is 0.452. The third-order valence-electron chi connectivity index (χ3n) is 2.27. The summed E-state index contributed by atoms with van der Waals surface area (Å²) in [7, 11) is -3.14. The van der Waals surface area contributed by atoms with Crippen LogP contribution in [-0.4, -0.2) is 46.0 Å². The molecule has 0 aliphatic rings. The molecule has 0 atom stereocenters. The molecule has 5 nitrogen and oxygen atoms in total. The molecular weight excluding hydrogens is 252 g/mol. The fraction of sp³-hybridized carbons (Fsp3) is 1.00. The van der Waals surface area contributed by atoms with Gasteiger partial charge in [-0.1, -0.05) is 13.8 Å². The molecule has 0 heterocycles. The lowest BCUT2D eigenvalue weighted by molar-refractivity contribution is 0.0834. The van der Waals surface area contributed by atoms with E-state index in [1.54, 1.807) is 0 Å². The van der Waals surface area contributed by atoms with E-state index in [0.29, 0.717) is 25.6 Å². The van der Waals surface area contributed by atoms with Gasteiger partial charge >= 0.3 is 0 Å². The van der Waals surface area contributed by atoms with Gasteiger partial charge in [-0.3, -0.25) is 0 Å². The number of sulfonamides is 1. The Morgan fingerprint density at radius 2 is 1.72 bits per heavy atom. The molecule has 0 rings (SSSR count). The molecule has 0 unspecified atom stereocenters. The van der Waals surface area contributed by atoms with Gasteiger partial charge in [-0.25, -0.2) is 13.1 Å². The van der Waals surface area contributed by atoms with Crippen molar-refractivity contribution in [2.75, 3.05) is 25.4 Å². The third kappa shape index (κ3) is 12.3. The summed E-state index contributed by atoms with van der Waals surface area (Å²) in [5.74, 6) is 0.189. The summed E-state index contributed by atoms with van der Waals surface area (Å²) < 4.78 is 31.0. The molecule has 2 N–H and O–H groups in total. The Labute approximate surface area is 112 Å². The highest BCUT2D eigenvalue weighted by Crippen LogP contribution is 1.94. The summed E-state index contributed by atoms with van der Waals surface area (Å²) in [5, 5.41) is 3.26. The van der Waals surface area contributed by atoms with Crippen LogP contribution in [-0.2, 0) is 14.8 Å². The Kier molecular flexibility index (Phi) is 9.63. The summed E-state index contributed by atoms with van der Waals surface area (Å²) in [4.78, 5) is 0. The SMILES string of the molecule is CC(C)NCCCCS(=O)(=O)NCCOC(C)C. The molecule has 0 aliphatic carbocycles. The molecule has 0 aromatic rings. The summed E-state index contributed by atoms with van der Waals surface area (Å²) in [5.41, 5.74) is 0. The van der Waals surface area contributed by atoms with Crippen molar-refractivity contribution in [1.82, 2.24) is 10.0 Å². The van der Waals surface area contributed by atoms with Crippen LogP contribution >= 0.6 is 0 Å². The molecule has 0 aromatic carbocycles. The van der Waals surface area contributed by atoms with Gasteiger partial charge in [-0.2, -0.15) is 0 Å². The van der Waals surface area contributed by atoms with Gasteiger partial charge in [0.2, 0.25) is 10.0 Å². The van der Waals surface area contributed by atoms with Crippen molar-refractivity contribution < 1.29 is 13.2 Å². The molecule has 0 spiro atoms. The Morgan fingerprint density at radius 3 is 2.28 bits per heavy atom. The van der Waals surface area contributed by atoms with Crippen molar-refractivity contribution in [3.05, 3.63) is 0 Å². The van der Waals surface area contributed by atoms with E-state index in [9.17, 15) is 8.42 Å². The van der Waals surface area contributed by atoms with Crippen molar-refractivity contribution in [1.29, 1.82) is 0 Å². The fourth-order valence-electron chi connectivity index (χ4n) is 1.37. The van der Waals surface area contributed by atoms with E-state index in [4.69, 9.17) is 4.74 Å². The minimum absolute atomic E-state index is 0.136. The molecular formula is C12H28N2O3S. The zero-order chi connectivity index (χ0) is 14.0. The largest absolute Gasteiger partial charge is 0.377 e. The van der Waals surface area contributed by atoms with E-state index >= 15 is 0 Å². The zero-order valence-electron chi connectivity index (χ0n) is 12.0. The highest BCUT2D eigenvalue weighted by Gasteiger charge is 2.08. The van der Waals surface area contributed by atoms with E-state index in [2.05, 4.69) is 23.9 Å². The molecule has 0 saturated carbocycles. The number of ether oxygens (including phenoxy) is 1. The van der Waals surface area contributed by atoms with Gasteiger partial charge in [0, 0.05) is 12.6 Å². The molecule has 110 valence electrons. The van der Waals surface area contributed by atoms with Crippen LogP contribution in [0, 0.1) is 0 Å². The van der Waals surface area contributed by atoms with E-state index in [-0.39, 0.29) is 11.9 Å². The first kappa shape index (κ1) is 17.8. The topological polar surface area (TPSA) is 67.4 Å². The Morgan fingerprint density at radius 1 is 1.06 bits per heavy atom. The second-order valence-corrected chi connectivity index (χ2v) is 6.88. The van der Waals surface area contributed by atoms with E-state index in [0.717, 1.165) is 13.0 Å². The quantitative estimate of drug-likeness (QED) is 0.556. The second-order valence-electron chi connectivity index (χ2n) is 4.95. The molecule has 18 heavy (non-hydrogen) atoms. The van der Waals surface area contributed by atoms with Crippen molar-refractivity contribution in [2.24, 2.45) is 0 Å². The lowest BCUT2D eigenvalue weighted by atomic mass is 10.3. The Bertz CT molecular complexity index is 290. The van der Waals surface area contributed by atoms with E-state index in [1.165, 1.54) is 0 Å². The number of hydrogen-bond acceptors (Lipinski definition) is 4. The lowest BCUT2D eigenvalue weighted by Crippen LogP contribution is -2.31. The van der Waals surface area contributed by atoms with Crippen LogP contribution in [0.15, 0.2) is 0 Å². The Hall–Kier alpha value is -0.170. The maximum Gasteiger partial charge on any atom is 0.211 e. The molecule has 0 radical (unpaired) electrons. The van der Waals surface area contributed by atoms with E-state index < -0.39 is 10.0 Å². The number of hydrogen-bond donors (Lipinski definition) is 2. The maximum atomic E-state index is 11.6. The van der Waals surface area contributed by atoms with Crippen molar-refractivity contribution in [3.8, 4) is 0 Å². The fourth-order valence-corrected chi connectivity index (χ4v) is 2.49. The minimum Gasteiger partial charge on any atom is -0.377 e. The molecule has 0 aliphatic heterocycles. The monoisotopic (exact) mass is 280 g/mol. The van der Waals surface area contributed by atoms with E-state index in [1.807, 2.05) is 13.8 Å². The van der Waals surface area contributed by atoms with Crippen LogP contribution in [0.1, 0.15) is 40.5 Å². The first-order valence-corrected chi connectivity index (χ1v) is 8.31. The molecule has 6 heteroatoms. The van der Waals surface area contributed by atoms with Gasteiger partial charge in [0.25, 0.3) is 0 Å². The highest BCUT2D eigenvalue weighted by molar-refractivity contribution is 7.89. The van der Waals surface area contributed by atoms with Crippen LogP contribution in [0.25, 0.3) is 0 Å². The first-order chi connectivity index (χ1) is 8.33. The van der Waals surface area contributed by atoms with Crippen LogP contribution < -0.4 is 10.0 Å². The average Bonchev–Trinajstić information content (AvgIpc) is 2.23. The zero-order valence-corrected chi connectivity index (χ0v) is 12.8. The van der Waals surface area contributed by atoms with Gasteiger partial charge in [0.05, 0.1) is 18.5 Å². The number of unbranched alkanes of at least 4 members (excludes halogenated alkanes) is 1. The van der Waals surface area contributed by atoms with Crippen LogP contribution in [0.5, 0.6) is 0 Å². The number of nitrogens with one attached hydrogen (secondary N) is 2. The van der Waals surface area contributed by atoms with Gasteiger partial charge in [0.1, 0.15) is 0 Å². The smallest absolute Gasteiger partial charge is 0.211 e. The van der Waals surface area contributed by atoms with Crippen molar-refractivity contribution in [3.63, 3.8) is 0 Å². The predicted molar refractivity (Wildman–Crippen MR) is 75.3 cm³/mol. The van der Waals surface area contributed by atoms with Crippen molar-refractivity contribution >= 4 is 10.0 Å². The van der Waals surface area contributed by atoms with Crippen LogP contribution in [0.4, 0.5) is 0 Å². The second kappa shape index (κ2) is 9.72. The molecule has 0 amide bonds. The van der Waals surface area contributed by atoms with Crippen LogP contribution in [0.3, 0.4) is 0 Å². The molecule has 0 saturated heterocycles. The third-order valence-corrected chi connectivity index (χ3v) is 3.74. The summed E-state index contributed by atoms with van der Waals surface area (Å²) in [6.45, 7) is 9.65. The average molecular weight is 280 g/mol. The molecule has 0 fully saturated rings. The lowest BCUT2D eigenvalue weighted by Gasteiger charge is -2.10. The summed E-state index contributed by atoms with van der Waals surface area (Å²) in [6.07, 6.45) is 1.69. The van der Waals surface area contributed by atoms with Crippen molar-refractivity contribution in [2.45, 2.75) is 52.7 Å². The van der Waals surface area contributed by atoms with Gasteiger partial charge in [0.15, 0.2) is 0 Å². The molecule has 0 aromatic heterocycles. The first-order valence-electron chi connectivity index (χ1n) is 6.66.